The standard InChI is InChI=1S/C34H36NO3P/c1-23(2)35(39(36,37)38)34(3,22-33-30-18-10-8-14-26(30)27-15-9-11-19-31(27)33)21-20-32-28-16-6-4-12-24(28)25-13-5-7-17-29(25)32/h4-19,23,32-33H,20-22H2,1-3H3,(H2,36,37,38). The van der Waals surface area contributed by atoms with Gasteiger partial charge in [0.2, 0.25) is 0 Å². The zero-order chi connectivity index (χ0) is 27.4. The number of hydrogen-bond acceptors (Lipinski definition) is 1. The fourth-order valence-electron chi connectivity index (χ4n) is 7.49. The molecule has 200 valence electrons. The Labute approximate surface area is 231 Å². The molecular formula is C34H36NO3P. The van der Waals surface area contributed by atoms with E-state index in [1.807, 2.05) is 13.8 Å². The number of hydrogen-bond donors (Lipinski definition) is 2. The van der Waals surface area contributed by atoms with E-state index in [9.17, 15) is 14.4 Å². The largest absolute Gasteiger partial charge is 0.403 e. The summed E-state index contributed by atoms with van der Waals surface area (Å²) in [7, 11) is -4.54. The van der Waals surface area contributed by atoms with Gasteiger partial charge in [-0.25, -0.2) is 9.24 Å². The van der Waals surface area contributed by atoms with Gasteiger partial charge in [0, 0.05) is 23.4 Å². The molecular weight excluding hydrogens is 501 g/mol. The van der Waals surface area contributed by atoms with Crippen molar-refractivity contribution in [1.82, 2.24) is 4.67 Å². The maximum atomic E-state index is 13.1. The average Bonchev–Trinajstić information content (AvgIpc) is 3.39. The van der Waals surface area contributed by atoms with E-state index in [-0.39, 0.29) is 17.9 Å². The normalized spacial score (nSPS) is 16.2. The maximum Gasteiger partial charge on any atom is 0.403 e. The molecule has 4 nitrogen and oxygen atoms in total. The number of nitrogens with zero attached hydrogens (tertiary/aromatic N) is 1. The minimum atomic E-state index is -4.54. The van der Waals surface area contributed by atoms with Crippen LogP contribution in [0, 0.1) is 0 Å². The molecule has 0 spiro atoms. The predicted molar refractivity (Wildman–Crippen MR) is 159 cm³/mol. The summed E-state index contributed by atoms with van der Waals surface area (Å²) in [4.78, 5) is 21.4. The molecule has 0 saturated heterocycles. The Morgan fingerprint density at radius 1 is 0.692 bits per heavy atom. The van der Waals surface area contributed by atoms with Crippen LogP contribution >= 0.6 is 7.75 Å². The smallest absolute Gasteiger partial charge is 0.312 e. The van der Waals surface area contributed by atoms with E-state index in [2.05, 4.69) is 104 Å². The van der Waals surface area contributed by atoms with E-state index in [4.69, 9.17) is 0 Å². The van der Waals surface area contributed by atoms with Crippen molar-refractivity contribution in [1.29, 1.82) is 0 Å². The quantitative estimate of drug-likeness (QED) is 0.222. The first-order chi connectivity index (χ1) is 18.7. The van der Waals surface area contributed by atoms with Crippen LogP contribution in [0.15, 0.2) is 97.1 Å². The predicted octanol–water partition coefficient (Wildman–Crippen LogP) is 8.34. The molecule has 0 aliphatic heterocycles. The lowest BCUT2D eigenvalue weighted by Gasteiger charge is -2.45. The Morgan fingerprint density at radius 3 is 1.41 bits per heavy atom. The molecule has 2 N–H and O–H groups in total. The molecule has 5 heteroatoms. The van der Waals surface area contributed by atoms with E-state index in [0.29, 0.717) is 12.8 Å². The van der Waals surface area contributed by atoms with Gasteiger partial charge in [-0.1, -0.05) is 97.1 Å². The van der Waals surface area contributed by atoms with Crippen molar-refractivity contribution in [2.24, 2.45) is 0 Å². The topological polar surface area (TPSA) is 60.8 Å². The van der Waals surface area contributed by atoms with Gasteiger partial charge in [-0.3, -0.25) is 0 Å². The van der Waals surface area contributed by atoms with E-state index in [1.54, 1.807) is 0 Å². The molecule has 6 rings (SSSR count). The Bertz CT molecular complexity index is 1480. The lowest BCUT2D eigenvalue weighted by Crippen LogP contribution is -2.49. The highest BCUT2D eigenvalue weighted by Crippen LogP contribution is 2.56. The van der Waals surface area contributed by atoms with Crippen molar-refractivity contribution in [2.75, 3.05) is 0 Å². The first kappa shape index (κ1) is 26.2. The van der Waals surface area contributed by atoms with Crippen LogP contribution in [0.2, 0.25) is 0 Å². The molecule has 0 bridgehead atoms. The number of rotatable bonds is 8. The summed E-state index contributed by atoms with van der Waals surface area (Å²) >= 11 is 0. The third kappa shape index (κ3) is 4.50. The Kier molecular flexibility index (Phi) is 6.64. The first-order valence-corrected chi connectivity index (χ1v) is 15.5. The van der Waals surface area contributed by atoms with Crippen LogP contribution in [0.4, 0.5) is 0 Å². The molecule has 0 fully saturated rings. The number of benzene rings is 4. The van der Waals surface area contributed by atoms with Crippen LogP contribution in [-0.4, -0.2) is 26.0 Å². The molecule has 0 amide bonds. The van der Waals surface area contributed by atoms with E-state index in [0.717, 1.165) is 6.42 Å². The van der Waals surface area contributed by atoms with Gasteiger partial charge in [0.1, 0.15) is 0 Å². The summed E-state index contributed by atoms with van der Waals surface area (Å²) in [6.45, 7) is 5.87. The van der Waals surface area contributed by atoms with Crippen molar-refractivity contribution < 1.29 is 14.4 Å². The number of fused-ring (bicyclic) bond motifs is 6. The Morgan fingerprint density at radius 2 is 1.05 bits per heavy atom. The van der Waals surface area contributed by atoms with Gasteiger partial charge in [-0.05, 0) is 84.5 Å². The van der Waals surface area contributed by atoms with Crippen LogP contribution in [0.5, 0.6) is 0 Å². The molecule has 0 saturated carbocycles. The van der Waals surface area contributed by atoms with Gasteiger partial charge in [-0.2, -0.15) is 0 Å². The minimum Gasteiger partial charge on any atom is -0.312 e. The van der Waals surface area contributed by atoms with Gasteiger partial charge in [0.15, 0.2) is 0 Å². The maximum absolute atomic E-state index is 13.1. The summed E-state index contributed by atoms with van der Waals surface area (Å²) in [5.41, 5.74) is 9.37. The summed E-state index contributed by atoms with van der Waals surface area (Å²) in [5, 5.41) is 0. The Balaban J connectivity index is 1.41. The van der Waals surface area contributed by atoms with Crippen LogP contribution in [0.3, 0.4) is 0 Å². The molecule has 39 heavy (non-hydrogen) atoms. The third-order valence-electron chi connectivity index (χ3n) is 8.86. The van der Waals surface area contributed by atoms with Crippen molar-refractivity contribution in [3.63, 3.8) is 0 Å². The highest BCUT2D eigenvalue weighted by atomic mass is 31.2. The van der Waals surface area contributed by atoms with E-state index >= 15 is 0 Å². The summed E-state index contributed by atoms with van der Waals surface area (Å²) in [6, 6.07) is 33.9. The SMILES string of the molecule is CC(C)N(C(C)(CCC1c2ccccc2-c2ccccc21)CC1c2ccccc2-c2ccccc21)P(=O)(O)O. The van der Waals surface area contributed by atoms with Gasteiger partial charge in [0.05, 0.1) is 0 Å². The zero-order valence-electron chi connectivity index (χ0n) is 22.8. The van der Waals surface area contributed by atoms with E-state index < -0.39 is 13.3 Å². The third-order valence-corrected chi connectivity index (χ3v) is 10.4. The molecule has 4 aromatic rings. The molecule has 0 aromatic heterocycles. The average molecular weight is 538 g/mol. The molecule has 2 aliphatic rings. The van der Waals surface area contributed by atoms with Gasteiger partial charge >= 0.3 is 7.75 Å². The summed E-state index contributed by atoms with van der Waals surface area (Å²) < 4.78 is 14.6. The minimum absolute atomic E-state index is 0.0679. The second-order valence-corrected chi connectivity index (χ2v) is 13.1. The lowest BCUT2D eigenvalue weighted by atomic mass is 9.78. The fraction of sp³-hybridized carbons (Fsp3) is 0.294. The molecule has 4 aromatic carbocycles. The molecule has 1 unspecified atom stereocenters. The molecule has 0 radical (unpaired) electrons. The second-order valence-electron chi connectivity index (χ2n) is 11.6. The van der Waals surface area contributed by atoms with Gasteiger partial charge < -0.3 is 9.79 Å². The Hall–Kier alpha value is -3.01. The highest BCUT2D eigenvalue weighted by molar-refractivity contribution is 7.49. The first-order valence-electron chi connectivity index (χ1n) is 13.9. The van der Waals surface area contributed by atoms with Crippen molar-refractivity contribution in [3.8, 4) is 22.3 Å². The highest BCUT2D eigenvalue weighted by Gasteiger charge is 2.47. The lowest BCUT2D eigenvalue weighted by molar-refractivity contribution is 0.100. The molecule has 0 heterocycles. The van der Waals surface area contributed by atoms with Gasteiger partial charge in [0.25, 0.3) is 0 Å². The van der Waals surface area contributed by atoms with Crippen LogP contribution in [0.1, 0.15) is 74.1 Å². The van der Waals surface area contributed by atoms with Crippen LogP contribution < -0.4 is 0 Å². The fourth-order valence-corrected chi connectivity index (χ4v) is 8.91. The monoisotopic (exact) mass is 537 g/mol. The van der Waals surface area contributed by atoms with Crippen molar-refractivity contribution in [2.45, 2.75) is 63.5 Å². The van der Waals surface area contributed by atoms with E-state index in [1.165, 1.54) is 49.2 Å². The van der Waals surface area contributed by atoms with Crippen LogP contribution in [0.25, 0.3) is 22.3 Å². The van der Waals surface area contributed by atoms with Crippen molar-refractivity contribution in [3.05, 3.63) is 119 Å². The molecule has 1 atom stereocenters. The molecule has 2 aliphatic carbocycles. The van der Waals surface area contributed by atoms with Crippen LogP contribution in [-0.2, 0) is 4.57 Å². The zero-order valence-corrected chi connectivity index (χ0v) is 23.7. The summed E-state index contributed by atoms with van der Waals surface area (Å²) in [6.07, 6.45) is 2.09. The van der Waals surface area contributed by atoms with Crippen molar-refractivity contribution >= 4 is 7.75 Å². The van der Waals surface area contributed by atoms with Gasteiger partial charge in [-0.15, -0.1) is 0 Å². The summed E-state index contributed by atoms with van der Waals surface area (Å²) in [5.74, 6) is 0.268. The second kappa shape index (κ2) is 9.87.